The molecule has 2 aromatic carbocycles. The molecule has 2 aromatic heterocycles. The van der Waals surface area contributed by atoms with Gasteiger partial charge in [0.05, 0.1) is 14.2 Å². The molecule has 1 amide bonds. The van der Waals surface area contributed by atoms with Crippen LogP contribution in [0.3, 0.4) is 0 Å². The fourth-order valence-corrected chi connectivity index (χ4v) is 4.04. The van der Waals surface area contributed by atoms with E-state index in [2.05, 4.69) is 20.5 Å². The Labute approximate surface area is 208 Å². The Kier molecular flexibility index (Phi) is 7.89. The number of hydrogen-bond donors (Lipinski definition) is 1. The van der Waals surface area contributed by atoms with Gasteiger partial charge in [-0.3, -0.25) is 4.79 Å². The smallest absolute Gasteiger partial charge is 0.226 e. The molecule has 2 heterocycles. The number of thioether (sulfide) groups is 1. The normalized spacial score (nSPS) is 10.6. The van der Waals surface area contributed by atoms with Crippen LogP contribution in [0.25, 0.3) is 22.5 Å². The van der Waals surface area contributed by atoms with Crippen molar-refractivity contribution >= 4 is 23.5 Å². The van der Waals surface area contributed by atoms with Crippen molar-refractivity contribution in [2.75, 3.05) is 25.3 Å². The van der Waals surface area contributed by atoms with E-state index in [1.807, 2.05) is 67.6 Å². The lowest BCUT2D eigenvalue weighted by molar-refractivity contribution is -0.115. The lowest BCUT2D eigenvalue weighted by Gasteiger charge is -2.11. The molecule has 0 aliphatic rings. The predicted octanol–water partition coefficient (Wildman–Crippen LogP) is 5.05. The highest BCUT2D eigenvalue weighted by Gasteiger charge is 2.15. The van der Waals surface area contributed by atoms with Gasteiger partial charge in [-0.1, -0.05) is 17.8 Å². The monoisotopic (exact) mass is 487 g/mol. The van der Waals surface area contributed by atoms with Gasteiger partial charge in [0.2, 0.25) is 11.1 Å². The summed E-state index contributed by atoms with van der Waals surface area (Å²) in [6, 6.07) is 19.0. The van der Waals surface area contributed by atoms with Crippen molar-refractivity contribution in [1.29, 1.82) is 0 Å². The molecular weight excluding hydrogens is 462 g/mol. The Morgan fingerprint density at radius 1 is 0.886 bits per heavy atom. The molecule has 0 saturated carbocycles. The van der Waals surface area contributed by atoms with Crippen molar-refractivity contribution in [2.24, 2.45) is 0 Å². The number of pyridine rings is 1. The second-order valence-corrected chi connectivity index (χ2v) is 8.63. The van der Waals surface area contributed by atoms with Gasteiger partial charge >= 0.3 is 0 Å². The summed E-state index contributed by atoms with van der Waals surface area (Å²) in [5.41, 5.74) is 4.03. The molecule has 4 aromatic rings. The lowest BCUT2D eigenvalue weighted by atomic mass is 10.0. The van der Waals surface area contributed by atoms with E-state index in [-0.39, 0.29) is 5.91 Å². The third-order valence-electron chi connectivity index (χ3n) is 5.22. The highest BCUT2D eigenvalue weighted by molar-refractivity contribution is 7.99. The zero-order chi connectivity index (χ0) is 24.6. The van der Waals surface area contributed by atoms with Crippen LogP contribution in [0, 0.1) is 6.92 Å². The first-order valence-electron chi connectivity index (χ1n) is 10.9. The van der Waals surface area contributed by atoms with Crippen LogP contribution >= 0.6 is 11.8 Å². The van der Waals surface area contributed by atoms with Crippen LogP contribution in [0.4, 0.5) is 5.82 Å². The number of anilines is 1. The van der Waals surface area contributed by atoms with Gasteiger partial charge in [-0.15, -0.1) is 10.2 Å². The van der Waals surface area contributed by atoms with Crippen LogP contribution in [0.5, 0.6) is 11.5 Å². The van der Waals surface area contributed by atoms with Crippen LogP contribution in [-0.4, -0.2) is 46.0 Å². The summed E-state index contributed by atoms with van der Waals surface area (Å²) in [5, 5.41) is 12.1. The molecule has 0 aliphatic carbocycles. The van der Waals surface area contributed by atoms with E-state index in [0.29, 0.717) is 34.5 Å². The Balaban J connectivity index is 1.52. The molecule has 0 fully saturated rings. The number of nitrogens with one attached hydrogen (secondary N) is 1. The van der Waals surface area contributed by atoms with Crippen molar-refractivity contribution in [3.05, 3.63) is 72.4 Å². The molecule has 0 saturated heterocycles. The molecule has 1 N–H and O–H groups in total. The number of methoxy groups -OCH3 is 2. The van der Waals surface area contributed by atoms with Crippen LogP contribution < -0.4 is 14.8 Å². The number of hydrogen-bond acceptors (Lipinski definition) is 8. The minimum Gasteiger partial charge on any atom is -0.497 e. The van der Waals surface area contributed by atoms with Crippen LogP contribution in [-0.2, 0) is 4.79 Å². The number of carbonyl (C=O) groups is 1. The number of carbonyl (C=O) groups excluding carboxylic acids is 1. The van der Waals surface area contributed by atoms with Crippen LogP contribution in [0.1, 0.15) is 12.0 Å². The van der Waals surface area contributed by atoms with E-state index in [1.54, 1.807) is 20.4 Å². The van der Waals surface area contributed by atoms with E-state index in [4.69, 9.17) is 14.5 Å². The van der Waals surface area contributed by atoms with Crippen molar-refractivity contribution < 1.29 is 14.3 Å². The van der Waals surface area contributed by atoms with E-state index >= 15 is 0 Å². The van der Waals surface area contributed by atoms with Crippen molar-refractivity contribution in [1.82, 2.24) is 20.2 Å². The van der Waals surface area contributed by atoms with Gasteiger partial charge in [0, 0.05) is 29.5 Å². The van der Waals surface area contributed by atoms with Gasteiger partial charge < -0.3 is 14.8 Å². The summed E-state index contributed by atoms with van der Waals surface area (Å²) in [7, 11) is 3.26. The molecule has 8 nitrogen and oxygen atoms in total. The van der Waals surface area contributed by atoms with Crippen molar-refractivity contribution in [3.63, 3.8) is 0 Å². The summed E-state index contributed by atoms with van der Waals surface area (Å²) in [5.74, 6) is 2.48. The highest BCUT2D eigenvalue weighted by Crippen LogP contribution is 2.32. The summed E-state index contributed by atoms with van der Waals surface area (Å²) in [4.78, 5) is 21.3. The maximum absolute atomic E-state index is 12.4. The minimum atomic E-state index is -0.113. The Hall–Kier alpha value is -3.98. The number of benzene rings is 2. The van der Waals surface area contributed by atoms with Crippen LogP contribution in [0.15, 0.2) is 72.0 Å². The first kappa shape index (κ1) is 24.2. The Morgan fingerprint density at radius 3 is 2.11 bits per heavy atom. The summed E-state index contributed by atoms with van der Waals surface area (Å²) >= 11 is 1.38. The highest BCUT2D eigenvalue weighted by atomic mass is 32.2. The SMILES string of the molecule is COc1ccc(-c2nnc(SCCC(=O)Nc3ncccc3C)nc2-c2ccc(OC)cc2)cc1. The number of nitrogens with zero attached hydrogens (tertiary/aromatic N) is 4. The zero-order valence-electron chi connectivity index (χ0n) is 19.7. The van der Waals surface area contributed by atoms with E-state index in [9.17, 15) is 4.79 Å². The topological polar surface area (TPSA) is 99.1 Å². The molecule has 0 aliphatic heterocycles. The number of rotatable bonds is 9. The molecular formula is C26H25N5O3S. The van der Waals surface area contributed by atoms with E-state index in [0.717, 1.165) is 28.2 Å². The number of amides is 1. The standard InChI is InChI=1S/C26H25N5O3S/c1-17-5-4-15-27-25(17)28-22(32)14-16-35-26-29-23(18-6-10-20(33-2)11-7-18)24(30-31-26)19-8-12-21(34-3)13-9-19/h4-13,15H,14,16H2,1-3H3,(H,27,28,32). The molecule has 0 bridgehead atoms. The Morgan fingerprint density at radius 2 is 1.51 bits per heavy atom. The zero-order valence-corrected chi connectivity index (χ0v) is 20.5. The summed E-state index contributed by atoms with van der Waals surface area (Å²) in [6.45, 7) is 1.90. The second-order valence-electron chi connectivity index (χ2n) is 7.56. The number of aryl methyl sites for hydroxylation is 1. The minimum absolute atomic E-state index is 0.113. The third kappa shape index (κ3) is 6.13. The quantitative estimate of drug-likeness (QED) is 0.328. The molecule has 0 atom stereocenters. The van der Waals surface area contributed by atoms with Gasteiger partial charge in [0.1, 0.15) is 28.7 Å². The predicted molar refractivity (Wildman–Crippen MR) is 137 cm³/mol. The van der Waals surface area contributed by atoms with Crippen molar-refractivity contribution in [3.8, 4) is 34.0 Å². The first-order valence-corrected chi connectivity index (χ1v) is 11.9. The third-order valence-corrected chi connectivity index (χ3v) is 6.06. The molecule has 178 valence electrons. The van der Waals surface area contributed by atoms with E-state index in [1.165, 1.54) is 11.8 Å². The second kappa shape index (κ2) is 11.4. The van der Waals surface area contributed by atoms with Gasteiger partial charge in [-0.25, -0.2) is 9.97 Å². The Bertz CT molecular complexity index is 1300. The maximum atomic E-state index is 12.4. The van der Waals surface area contributed by atoms with Crippen molar-refractivity contribution in [2.45, 2.75) is 18.5 Å². The largest absolute Gasteiger partial charge is 0.497 e. The molecule has 0 radical (unpaired) electrons. The first-order chi connectivity index (χ1) is 17.1. The molecule has 4 rings (SSSR count). The molecule has 35 heavy (non-hydrogen) atoms. The van der Waals surface area contributed by atoms with Crippen LogP contribution in [0.2, 0.25) is 0 Å². The van der Waals surface area contributed by atoms with Gasteiger partial charge in [-0.2, -0.15) is 0 Å². The average Bonchev–Trinajstić information content (AvgIpc) is 2.90. The van der Waals surface area contributed by atoms with Gasteiger partial charge in [0.15, 0.2) is 0 Å². The molecule has 9 heteroatoms. The van der Waals surface area contributed by atoms with E-state index < -0.39 is 0 Å². The van der Waals surface area contributed by atoms with Gasteiger partial charge in [-0.05, 0) is 67.1 Å². The molecule has 0 unspecified atom stereocenters. The fraction of sp³-hybridized carbons (Fsp3) is 0.192. The maximum Gasteiger partial charge on any atom is 0.226 e. The summed E-state index contributed by atoms with van der Waals surface area (Å²) < 4.78 is 10.6. The average molecular weight is 488 g/mol. The lowest BCUT2D eigenvalue weighted by Crippen LogP contribution is -2.14. The molecule has 0 spiro atoms. The summed E-state index contributed by atoms with van der Waals surface area (Å²) in [6.07, 6.45) is 1.95. The number of ether oxygens (including phenoxy) is 2. The fourth-order valence-electron chi connectivity index (χ4n) is 3.31. The van der Waals surface area contributed by atoms with Gasteiger partial charge in [0.25, 0.3) is 0 Å². The number of aromatic nitrogens is 4.